The molecule has 0 atom stereocenters. The van der Waals surface area contributed by atoms with E-state index in [9.17, 15) is 0 Å². The van der Waals surface area contributed by atoms with Crippen molar-refractivity contribution < 1.29 is 4.74 Å². The molecule has 0 amide bonds. The molecule has 1 aromatic carbocycles. The van der Waals surface area contributed by atoms with Crippen LogP contribution in [0.15, 0.2) is 24.5 Å². The second-order valence-corrected chi connectivity index (χ2v) is 6.89. The van der Waals surface area contributed by atoms with Gasteiger partial charge in [-0.2, -0.15) is 9.97 Å². The van der Waals surface area contributed by atoms with Crippen molar-refractivity contribution in [3.63, 3.8) is 0 Å². The summed E-state index contributed by atoms with van der Waals surface area (Å²) in [5.74, 6) is 1.74. The molecule has 0 radical (unpaired) electrons. The SMILES string of the molecule is CCN1CCC(c2ccc(-n3cnc4c(N)nc(N)nc43)c(OC)c2)CC1. The molecule has 2 aromatic heterocycles. The van der Waals surface area contributed by atoms with Gasteiger partial charge in [-0.1, -0.05) is 13.0 Å². The number of imidazole rings is 1. The Labute approximate surface area is 158 Å². The van der Waals surface area contributed by atoms with E-state index in [0.717, 1.165) is 31.1 Å². The molecule has 0 spiro atoms. The number of anilines is 2. The molecule has 4 N–H and O–H groups in total. The summed E-state index contributed by atoms with van der Waals surface area (Å²) < 4.78 is 7.53. The molecule has 27 heavy (non-hydrogen) atoms. The molecule has 142 valence electrons. The maximum atomic E-state index is 5.92. The van der Waals surface area contributed by atoms with Crippen LogP contribution in [0, 0.1) is 0 Å². The lowest BCUT2D eigenvalue weighted by Gasteiger charge is -2.31. The molecule has 1 aliphatic rings. The summed E-state index contributed by atoms with van der Waals surface area (Å²) in [6.07, 6.45) is 4.02. The Hall–Kier alpha value is -2.87. The van der Waals surface area contributed by atoms with E-state index in [0.29, 0.717) is 17.1 Å². The molecule has 0 bridgehead atoms. The molecular weight excluding hydrogens is 342 g/mol. The number of fused-ring (bicyclic) bond motifs is 1. The second kappa shape index (κ2) is 7.03. The minimum Gasteiger partial charge on any atom is -0.495 e. The molecule has 3 aromatic rings. The summed E-state index contributed by atoms with van der Waals surface area (Å²) in [4.78, 5) is 15.1. The predicted molar refractivity (Wildman–Crippen MR) is 106 cm³/mol. The third-order valence-electron chi connectivity index (χ3n) is 5.41. The molecule has 0 saturated carbocycles. The van der Waals surface area contributed by atoms with Crippen LogP contribution >= 0.6 is 0 Å². The van der Waals surface area contributed by atoms with Gasteiger partial charge in [-0.05, 0) is 56.1 Å². The van der Waals surface area contributed by atoms with E-state index < -0.39 is 0 Å². The summed E-state index contributed by atoms with van der Waals surface area (Å²) in [5.41, 5.74) is 15.0. The number of benzene rings is 1. The van der Waals surface area contributed by atoms with Crippen molar-refractivity contribution in [1.82, 2.24) is 24.4 Å². The standard InChI is InChI=1S/C19H25N7O/c1-3-25-8-6-12(7-9-25)13-4-5-14(15(10-13)27-2)26-11-22-16-17(20)23-19(21)24-18(16)26/h4-5,10-12H,3,6-9H2,1-2H3,(H4,20,21,23,24). The highest BCUT2D eigenvalue weighted by molar-refractivity contribution is 5.84. The minimum absolute atomic E-state index is 0.125. The number of piperidine rings is 1. The normalized spacial score (nSPS) is 16.1. The van der Waals surface area contributed by atoms with Gasteiger partial charge in [0.15, 0.2) is 17.0 Å². The van der Waals surface area contributed by atoms with E-state index in [1.165, 1.54) is 18.4 Å². The largest absolute Gasteiger partial charge is 0.495 e. The van der Waals surface area contributed by atoms with E-state index in [1.54, 1.807) is 13.4 Å². The molecule has 1 fully saturated rings. The Bertz CT molecular complexity index is 960. The lowest BCUT2D eigenvalue weighted by Crippen LogP contribution is -2.32. The average molecular weight is 367 g/mol. The zero-order valence-corrected chi connectivity index (χ0v) is 15.7. The smallest absolute Gasteiger partial charge is 0.224 e. The van der Waals surface area contributed by atoms with Crippen molar-refractivity contribution in [3.05, 3.63) is 30.1 Å². The lowest BCUT2D eigenvalue weighted by atomic mass is 9.89. The molecule has 1 saturated heterocycles. The van der Waals surface area contributed by atoms with Gasteiger partial charge in [0.05, 0.1) is 12.8 Å². The summed E-state index contributed by atoms with van der Waals surface area (Å²) >= 11 is 0. The Morgan fingerprint density at radius 3 is 2.67 bits per heavy atom. The van der Waals surface area contributed by atoms with Crippen LogP contribution < -0.4 is 16.2 Å². The molecular formula is C19H25N7O. The fourth-order valence-electron chi connectivity index (χ4n) is 3.85. The number of likely N-dealkylation sites (tertiary alicyclic amines) is 1. The number of methoxy groups -OCH3 is 1. The number of nitrogen functional groups attached to an aromatic ring is 2. The van der Waals surface area contributed by atoms with Gasteiger partial charge < -0.3 is 21.1 Å². The van der Waals surface area contributed by atoms with E-state index in [2.05, 4.69) is 45.0 Å². The zero-order chi connectivity index (χ0) is 19.0. The first kappa shape index (κ1) is 17.5. The summed E-state index contributed by atoms with van der Waals surface area (Å²) in [5, 5.41) is 0. The summed E-state index contributed by atoms with van der Waals surface area (Å²) in [6.45, 7) is 5.63. The first-order valence-corrected chi connectivity index (χ1v) is 9.27. The third-order valence-corrected chi connectivity index (χ3v) is 5.41. The van der Waals surface area contributed by atoms with E-state index in [4.69, 9.17) is 16.2 Å². The van der Waals surface area contributed by atoms with Crippen LogP contribution in [0.4, 0.5) is 11.8 Å². The topological polar surface area (TPSA) is 108 Å². The summed E-state index contributed by atoms with van der Waals surface area (Å²) in [7, 11) is 1.68. The van der Waals surface area contributed by atoms with Gasteiger partial charge in [0, 0.05) is 0 Å². The average Bonchev–Trinajstić information content (AvgIpc) is 3.11. The molecule has 3 heterocycles. The van der Waals surface area contributed by atoms with Crippen LogP contribution in [0.1, 0.15) is 31.2 Å². The van der Waals surface area contributed by atoms with Crippen LogP contribution in [-0.2, 0) is 0 Å². The maximum absolute atomic E-state index is 5.92. The van der Waals surface area contributed by atoms with E-state index >= 15 is 0 Å². The first-order valence-electron chi connectivity index (χ1n) is 9.27. The number of nitrogens with zero attached hydrogens (tertiary/aromatic N) is 5. The minimum atomic E-state index is 0.125. The van der Waals surface area contributed by atoms with Gasteiger partial charge in [-0.25, -0.2) is 4.98 Å². The number of rotatable bonds is 4. The van der Waals surface area contributed by atoms with Crippen molar-refractivity contribution in [3.8, 4) is 11.4 Å². The Kier molecular flexibility index (Phi) is 4.57. The van der Waals surface area contributed by atoms with E-state index in [-0.39, 0.29) is 11.8 Å². The number of ether oxygens (including phenoxy) is 1. The number of aromatic nitrogens is 4. The highest BCUT2D eigenvalue weighted by Gasteiger charge is 2.21. The first-order chi connectivity index (χ1) is 13.1. The molecule has 8 heteroatoms. The predicted octanol–water partition coefficient (Wildman–Crippen LogP) is 2.19. The van der Waals surface area contributed by atoms with Gasteiger partial charge in [0.2, 0.25) is 5.95 Å². The van der Waals surface area contributed by atoms with Crippen LogP contribution in [0.2, 0.25) is 0 Å². The fraction of sp³-hybridized carbons (Fsp3) is 0.421. The Balaban J connectivity index is 1.71. The number of hydrogen-bond donors (Lipinski definition) is 2. The lowest BCUT2D eigenvalue weighted by molar-refractivity contribution is 0.222. The van der Waals surface area contributed by atoms with Crippen molar-refractivity contribution in [2.75, 3.05) is 38.2 Å². The maximum Gasteiger partial charge on any atom is 0.224 e. The van der Waals surface area contributed by atoms with Crippen molar-refractivity contribution in [1.29, 1.82) is 0 Å². The highest BCUT2D eigenvalue weighted by atomic mass is 16.5. The molecule has 4 rings (SSSR count). The second-order valence-electron chi connectivity index (χ2n) is 6.89. The Morgan fingerprint density at radius 2 is 1.96 bits per heavy atom. The monoisotopic (exact) mass is 367 g/mol. The fourth-order valence-corrected chi connectivity index (χ4v) is 3.85. The van der Waals surface area contributed by atoms with Gasteiger partial charge in [-0.15, -0.1) is 0 Å². The van der Waals surface area contributed by atoms with E-state index in [1.807, 2.05) is 4.57 Å². The quantitative estimate of drug-likeness (QED) is 0.727. The van der Waals surface area contributed by atoms with Gasteiger partial charge in [-0.3, -0.25) is 4.57 Å². The van der Waals surface area contributed by atoms with Crippen LogP contribution in [0.5, 0.6) is 5.75 Å². The zero-order valence-electron chi connectivity index (χ0n) is 15.7. The molecule has 0 unspecified atom stereocenters. The van der Waals surface area contributed by atoms with Gasteiger partial charge in [0.1, 0.15) is 12.1 Å². The summed E-state index contributed by atoms with van der Waals surface area (Å²) in [6, 6.07) is 6.35. The number of hydrogen-bond acceptors (Lipinski definition) is 7. The van der Waals surface area contributed by atoms with Crippen molar-refractivity contribution in [2.45, 2.75) is 25.7 Å². The highest BCUT2D eigenvalue weighted by Crippen LogP contribution is 2.34. The van der Waals surface area contributed by atoms with Crippen LogP contribution in [0.25, 0.3) is 16.9 Å². The van der Waals surface area contributed by atoms with Crippen molar-refractivity contribution >= 4 is 22.9 Å². The van der Waals surface area contributed by atoms with Crippen LogP contribution in [0.3, 0.4) is 0 Å². The van der Waals surface area contributed by atoms with Gasteiger partial charge >= 0.3 is 0 Å². The molecule has 0 aliphatic carbocycles. The number of nitrogens with two attached hydrogens (primary N) is 2. The molecule has 1 aliphatic heterocycles. The van der Waals surface area contributed by atoms with Crippen molar-refractivity contribution in [2.24, 2.45) is 0 Å². The third kappa shape index (κ3) is 3.16. The Morgan fingerprint density at radius 1 is 1.19 bits per heavy atom. The van der Waals surface area contributed by atoms with Gasteiger partial charge in [0.25, 0.3) is 0 Å². The molecule has 8 nitrogen and oxygen atoms in total. The van der Waals surface area contributed by atoms with Crippen LogP contribution in [-0.4, -0.2) is 51.2 Å².